The summed E-state index contributed by atoms with van der Waals surface area (Å²) in [6, 6.07) is 4.85. The zero-order valence-corrected chi connectivity index (χ0v) is 9.78. The van der Waals surface area contributed by atoms with Crippen LogP contribution in [0.2, 0.25) is 0 Å². The summed E-state index contributed by atoms with van der Waals surface area (Å²) in [4.78, 5) is 11.7. The fraction of sp³-hybridized carbons (Fsp3) is 0.417. The lowest BCUT2D eigenvalue weighted by Crippen LogP contribution is -2.29. The van der Waals surface area contributed by atoms with E-state index >= 15 is 0 Å². The van der Waals surface area contributed by atoms with Crippen molar-refractivity contribution in [2.75, 3.05) is 13.7 Å². The molecule has 0 radical (unpaired) electrons. The van der Waals surface area contributed by atoms with Crippen LogP contribution in [0.15, 0.2) is 18.2 Å². The van der Waals surface area contributed by atoms with Gasteiger partial charge in [0, 0.05) is 11.6 Å². The molecule has 0 fully saturated rings. The number of carbonyl (C=O) groups is 1. The molecule has 0 bridgehead atoms. The zero-order chi connectivity index (χ0) is 12.1. The highest BCUT2D eigenvalue weighted by Gasteiger charge is 2.09. The Kier molecular flexibility index (Phi) is 4.31. The minimum atomic E-state index is -0.0213. The molecule has 2 N–H and O–H groups in total. The van der Waals surface area contributed by atoms with E-state index in [2.05, 4.69) is 5.32 Å². The van der Waals surface area contributed by atoms with Gasteiger partial charge in [0.15, 0.2) is 17.3 Å². The average molecular weight is 223 g/mol. The van der Waals surface area contributed by atoms with Crippen molar-refractivity contribution in [3.05, 3.63) is 23.8 Å². The maximum absolute atomic E-state index is 11.7. The van der Waals surface area contributed by atoms with Crippen LogP contribution in [0.4, 0.5) is 0 Å². The van der Waals surface area contributed by atoms with Crippen molar-refractivity contribution in [1.29, 1.82) is 0 Å². The van der Waals surface area contributed by atoms with E-state index in [1.165, 1.54) is 13.2 Å². The van der Waals surface area contributed by atoms with Gasteiger partial charge in [-0.3, -0.25) is 4.79 Å². The van der Waals surface area contributed by atoms with E-state index in [0.717, 1.165) is 0 Å². The lowest BCUT2D eigenvalue weighted by molar-refractivity contribution is 0.0988. The summed E-state index contributed by atoms with van der Waals surface area (Å²) < 4.78 is 4.94. The summed E-state index contributed by atoms with van der Waals surface area (Å²) in [7, 11) is 1.45. The van der Waals surface area contributed by atoms with E-state index in [1.54, 1.807) is 12.1 Å². The molecule has 0 aromatic heterocycles. The number of ketones is 1. The van der Waals surface area contributed by atoms with Gasteiger partial charge in [0.25, 0.3) is 0 Å². The highest BCUT2D eigenvalue weighted by molar-refractivity contribution is 5.98. The van der Waals surface area contributed by atoms with E-state index in [1.807, 2.05) is 13.8 Å². The van der Waals surface area contributed by atoms with Gasteiger partial charge < -0.3 is 15.2 Å². The molecule has 0 amide bonds. The monoisotopic (exact) mass is 223 g/mol. The van der Waals surface area contributed by atoms with Crippen molar-refractivity contribution in [1.82, 2.24) is 5.32 Å². The zero-order valence-electron chi connectivity index (χ0n) is 9.78. The van der Waals surface area contributed by atoms with E-state index in [9.17, 15) is 9.90 Å². The van der Waals surface area contributed by atoms with Crippen molar-refractivity contribution in [2.24, 2.45) is 0 Å². The number of carbonyl (C=O) groups excluding carboxylic acids is 1. The standard InChI is InChI=1S/C12H17NO3/c1-8(2)13-7-11(15)9-4-5-10(14)12(6-9)16-3/h4-6,8,13-14H,7H2,1-3H3. The molecule has 0 heterocycles. The number of hydrogen-bond acceptors (Lipinski definition) is 4. The van der Waals surface area contributed by atoms with Crippen LogP contribution in [0.1, 0.15) is 24.2 Å². The smallest absolute Gasteiger partial charge is 0.176 e. The number of Topliss-reactive ketones (excluding diaryl/α,β-unsaturated/α-hetero) is 1. The van der Waals surface area contributed by atoms with Crippen LogP contribution in [0.25, 0.3) is 0 Å². The van der Waals surface area contributed by atoms with Crippen LogP contribution >= 0.6 is 0 Å². The van der Waals surface area contributed by atoms with Crippen molar-refractivity contribution in [2.45, 2.75) is 19.9 Å². The SMILES string of the molecule is COc1cc(C(=O)CNC(C)C)ccc1O. The molecular weight excluding hydrogens is 206 g/mol. The largest absolute Gasteiger partial charge is 0.504 e. The molecule has 0 unspecified atom stereocenters. The van der Waals surface area contributed by atoms with E-state index < -0.39 is 0 Å². The van der Waals surface area contributed by atoms with E-state index in [0.29, 0.717) is 11.3 Å². The van der Waals surface area contributed by atoms with Crippen LogP contribution in [0.3, 0.4) is 0 Å². The third kappa shape index (κ3) is 3.24. The Labute approximate surface area is 95.2 Å². The molecule has 4 heteroatoms. The highest BCUT2D eigenvalue weighted by atomic mass is 16.5. The first-order valence-electron chi connectivity index (χ1n) is 5.18. The Hall–Kier alpha value is -1.55. The molecule has 0 aliphatic rings. The average Bonchev–Trinajstić information content (AvgIpc) is 2.26. The first kappa shape index (κ1) is 12.5. The van der Waals surface area contributed by atoms with Gasteiger partial charge in [0.2, 0.25) is 0 Å². The van der Waals surface area contributed by atoms with Gasteiger partial charge in [0.1, 0.15) is 0 Å². The molecule has 1 aromatic carbocycles. The molecule has 0 aliphatic carbocycles. The second-order valence-electron chi connectivity index (χ2n) is 3.85. The molecule has 88 valence electrons. The van der Waals surface area contributed by atoms with E-state index in [-0.39, 0.29) is 24.1 Å². The molecule has 4 nitrogen and oxygen atoms in total. The Morgan fingerprint density at radius 1 is 1.50 bits per heavy atom. The maximum Gasteiger partial charge on any atom is 0.176 e. The van der Waals surface area contributed by atoms with Gasteiger partial charge in [-0.2, -0.15) is 0 Å². The van der Waals surface area contributed by atoms with Gasteiger partial charge in [0.05, 0.1) is 13.7 Å². The normalized spacial score (nSPS) is 10.5. The minimum Gasteiger partial charge on any atom is -0.504 e. The fourth-order valence-corrected chi connectivity index (χ4v) is 1.25. The molecule has 0 saturated heterocycles. The predicted molar refractivity (Wildman–Crippen MR) is 62.1 cm³/mol. The first-order chi connectivity index (χ1) is 7.54. The van der Waals surface area contributed by atoms with Crippen molar-refractivity contribution in [3.8, 4) is 11.5 Å². The predicted octanol–water partition coefficient (Wildman–Crippen LogP) is 1.58. The molecule has 0 aliphatic heterocycles. The number of hydrogen-bond donors (Lipinski definition) is 2. The molecule has 1 aromatic rings. The number of phenolic OH excluding ortho intramolecular Hbond substituents is 1. The summed E-state index contributed by atoms with van der Waals surface area (Å²) in [5.41, 5.74) is 0.530. The number of rotatable bonds is 5. The van der Waals surface area contributed by atoms with Gasteiger partial charge in [-0.05, 0) is 18.2 Å². The quantitative estimate of drug-likeness (QED) is 0.744. The van der Waals surface area contributed by atoms with E-state index in [4.69, 9.17) is 4.74 Å². The molecule has 1 rings (SSSR count). The topological polar surface area (TPSA) is 58.6 Å². The highest BCUT2D eigenvalue weighted by Crippen LogP contribution is 2.26. The third-order valence-electron chi connectivity index (χ3n) is 2.17. The number of methoxy groups -OCH3 is 1. The lowest BCUT2D eigenvalue weighted by atomic mass is 10.1. The summed E-state index contributed by atoms with van der Waals surface area (Å²) >= 11 is 0. The number of aromatic hydroxyl groups is 1. The van der Waals surface area contributed by atoms with Crippen molar-refractivity contribution < 1.29 is 14.6 Å². The van der Waals surface area contributed by atoms with Crippen LogP contribution in [-0.2, 0) is 0 Å². The second-order valence-corrected chi connectivity index (χ2v) is 3.85. The van der Waals surface area contributed by atoms with Crippen molar-refractivity contribution >= 4 is 5.78 Å². The van der Waals surface area contributed by atoms with Gasteiger partial charge in [-0.15, -0.1) is 0 Å². The molecule has 0 spiro atoms. The van der Waals surface area contributed by atoms with Crippen LogP contribution < -0.4 is 10.1 Å². The minimum absolute atomic E-state index is 0.0213. The van der Waals surface area contributed by atoms with Crippen LogP contribution in [0.5, 0.6) is 11.5 Å². The van der Waals surface area contributed by atoms with Crippen LogP contribution in [-0.4, -0.2) is 30.6 Å². The van der Waals surface area contributed by atoms with Gasteiger partial charge in [-0.25, -0.2) is 0 Å². The molecule has 0 saturated carbocycles. The van der Waals surface area contributed by atoms with Gasteiger partial charge in [-0.1, -0.05) is 13.8 Å². The third-order valence-corrected chi connectivity index (χ3v) is 2.17. The maximum atomic E-state index is 11.7. The van der Waals surface area contributed by atoms with Crippen LogP contribution in [0, 0.1) is 0 Å². The Balaban J connectivity index is 2.76. The Morgan fingerprint density at radius 2 is 2.19 bits per heavy atom. The number of phenols is 1. The lowest BCUT2D eigenvalue weighted by Gasteiger charge is -2.08. The second kappa shape index (κ2) is 5.51. The summed E-state index contributed by atoms with van der Waals surface area (Å²) in [5, 5.41) is 12.4. The number of nitrogens with one attached hydrogen (secondary N) is 1. The molecule has 16 heavy (non-hydrogen) atoms. The van der Waals surface area contributed by atoms with Gasteiger partial charge >= 0.3 is 0 Å². The van der Waals surface area contributed by atoms with Crippen molar-refractivity contribution in [3.63, 3.8) is 0 Å². The number of benzene rings is 1. The summed E-state index contributed by atoms with van der Waals surface area (Å²) in [6.45, 7) is 4.24. The summed E-state index contributed by atoms with van der Waals surface area (Å²) in [5.74, 6) is 0.332. The number of ether oxygens (including phenoxy) is 1. The Morgan fingerprint density at radius 3 is 2.75 bits per heavy atom. The first-order valence-corrected chi connectivity index (χ1v) is 5.18. The molecular formula is C12H17NO3. The Bertz CT molecular complexity index is 375. The summed E-state index contributed by atoms with van der Waals surface area (Å²) in [6.07, 6.45) is 0. The molecule has 0 atom stereocenters. The fourth-order valence-electron chi connectivity index (χ4n) is 1.25.